The average Bonchev–Trinajstić information content (AvgIpc) is 3.86. The lowest BCUT2D eigenvalue weighted by molar-refractivity contribution is 1.07. The smallest absolute Gasteiger partial charge is 0.0732 e. The molecular weight excluding hydrogens is 573 g/mol. The number of thiophene rings is 2. The Morgan fingerprint density at radius 2 is 0.907 bits per heavy atom. The maximum absolute atomic E-state index is 2.65. The molecule has 2 aliphatic carbocycles. The Bertz CT molecular complexity index is 1830. The molecule has 0 spiro atoms. The molecule has 2 aliphatic rings. The van der Waals surface area contributed by atoms with Crippen molar-refractivity contribution < 1.29 is 0 Å². The third-order valence-corrected chi connectivity index (χ3v) is 15.5. The van der Waals surface area contributed by atoms with Crippen molar-refractivity contribution in [2.24, 2.45) is 0 Å². The van der Waals surface area contributed by atoms with Crippen LogP contribution in [0.1, 0.15) is 43.1 Å². The zero-order valence-corrected chi connectivity index (χ0v) is 27.0. The molecule has 2 heterocycles. The summed E-state index contributed by atoms with van der Waals surface area (Å²) in [6.07, 6.45) is 5.07. The van der Waals surface area contributed by atoms with Crippen LogP contribution in [0.15, 0.2) is 132 Å². The molecule has 4 aromatic carbocycles. The van der Waals surface area contributed by atoms with Gasteiger partial charge in [0.25, 0.3) is 0 Å². The highest BCUT2D eigenvalue weighted by atomic mass is 32.1. The minimum Gasteiger partial charge on any atom is -0.144 e. The van der Waals surface area contributed by atoms with Crippen LogP contribution in [0.3, 0.4) is 0 Å². The predicted molar refractivity (Wildman–Crippen MR) is 191 cm³/mol. The number of hydrogen-bond donors (Lipinski definition) is 0. The van der Waals surface area contributed by atoms with Crippen LogP contribution in [-0.2, 0) is 0 Å². The monoisotopic (exact) mass is 604 g/mol. The van der Waals surface area contributed by atoms with Crippen molar-refractivity contribution in [2.75, 3.05) is 0 Å². The summed E-state index contributed by atoms with van der Waals surface area (Å²) in [6.45, 7) is 5.31. The Morgan fingerprint density at radius 3 is 1.30 bits per heavy atom. The fourth-order valence-corrected chi connectivity index (χ4v) is 13.9. The highest BCUT2D eigenvalue weighted by molar-refractivity contribution is 7.12. The van der Waals surface area contributed by atoms with E-state index in [-0.39, 0.29) is 0 Å². The molecule has 2 aromatic heterocycles. The van der Waals surface area contributed by atoms with Crippen LogP contribution < -0.4 is 0 Å². The van der Waals surface area contributed by atoms with Gasteiger partial charge in [-0.15, -0.1) is 22.7 Å². The minimum atomic E-state index is -2.15. The van der Waals surface area contributed by atoms with Crippen molar-refractivity contribution in [2.45, 2.75) is 24.2 Å². The molecule has 2 unspecified atom stereocenters. The molecule has 0 fully saturated rings. The van der Waals surface area contributed by atoms with Gasteiger partial charge < -0.3 is 0 Å². The van der Waals surface area contributed by atoms with Gasteiger partial charge >= 0.3 is 0 Å². The van der Waals surface area contributed by atoms with Gasteiger partial charge in [0.2, 0.25) is 0 Å². The molecule has 0 saturated heterocycles. The van der Waals surface area contributed by atoms with E-state index in [2.05, 4.69) is 157 Å². The van der Waals surface area contributed by atoms with E-state index < -0.39 is 8.07 Å². The topological polar surface area (TPSA) is 0 Å². The molecule has 208 valence electrons. The third kappa shape index (κ3) is 4.38. The number of rotatable bonds is 6. The largest absolute Gasteiger partial charge is 0.144 e. The van der Waals surface area contributed by atoms with Crippen LogP contribution >= 0.6 is 22.7 Å². The first kappa shape index (κ1) is 26.6. The van der Waals surface area contributed by atoms with Gasteiger partial charge in [0.15, 0.2) is 0 Å². The van der Waals surface area contributed by atoms with Gasteiger partial charge in [-0.25, -0.2) is 0 Å². The van der Waals surface area contributed by atoms with E-state index in [0.29, 0.717) is 11.1 Å². The first-order valence-corrected chi connectivity index (χ1v) is 19.9. The molecule has 2 atom stereocenters. The van der Waals surface area contributed by atoms with Gasteiger partial charge in [0, 0.05) is 20.8 Å². The standard InChI is InChI=1S/C40H32S2Si/c1-43(2,39-31-19-9-17-29(27-13-5-3-6-14-27)33(31)25-35(39)37-21-11-23-41-37)40-32-20-10-18-30(28-15-7-4-8-16-28)34(32)26-36(40)38-22-12-24-42-38/h3-26,39-40H,1-2H3. The fraction of sp³-hybridized carbons (Fsp3) is 0.100. The predicted octanol–water partition coefficient (Wildman–Crippen LogP) is 11.9. The van der Waals surface area contributed by atoms with Gasteiger partial charge in [-0.05, 0) is 90.7 Å². The molecule has 3 heteroatoms. The molecule has 0 nitrogen and oxygen atoms in total. The summed E-state index contributed by atoms with van der Waals surface area (Å²) >= 11 is 3.76. The normalized spacial score (nSPS) is 17.3. The van der Waals surface area contributed by atoms with Crippen LogP contribution in [0.2, 0.25) is 13.1 Å². The van der Waals surface area contributed by atoms with Gasteiger partial charge in [-0.3, -0.25) is 0 Å². The Hall–Kier alpha value is -4.02. The van der Waals surface area contributed by atoms with E-state index in [4.69, 9.17) is 0 Å². The Kier molecular flexibility index (Phi) is 6.56. The molecule has 0 aliphatic heterocycles. The van der Waals surface area contributed by atoms with Crippen molar-refractivity contribution in [1.82, 2.24) is 0 Å². The lowest BCUT2D eigenvalue weighted by Crippen LogP contribution is -2.42. The summed E-state index contributed by atoms with van der Waals surface area (Å²) in [5.74, 6) is 0. The maximum atomic E-state index is 2.65. The maximum Gasteiger partial charge on any atom is 0.0732 e. The molecule has 0 amide bonds. The molecule has 0 radical (unpaired) electrons. The van der Waals surface area contributed by atoms with E-state index in [1.807, 2.05) is 22.7 Å². The molecule has 0 N–H and O–H groups in total. The number of allylic oxidation sites excluding steroid dienone is 2. The van der Waals surface area contributed by atoms with E-state index in [1.165, 1.54) is 65.4 Å². The van der Waals surface area contributed by atoms with Crippen LogP contribution in [0, 0.1) is 0 Å². The highest BCUT2D eigenvalue weighted by Crippen LogP contribution is 2.58. The lowest BCUT2D eigenvalue weighted by atomic mass is 9.97. The van der Waals surface area contributed by atoms with Crippen molar-refractivity contribution >= 4 is 54.0 Å². The summed E-state index contributed by atoms with van der Waals surface area (Å²) < 4.78 is 0. The number of fused-ring (bicyclic) bond motifs is 2. The summed E-state index contributed by atoms with van der Waals surface area (Å²) in [5.41, 5.74) is 14.8. The quantitative estimate of drug-likeness (QED) is 0.166. The van der Waals surface area contributed by atoms with E-state index >= 15 is 0 Å². The molecule has 8 rings (SSSR count). The van der Waals surface area contributed by atoms with Crippen molar-refractivity contribution in [3.8, 4) is 22.3 Å². The zero-order valence-electron chi connectivity index (χ0n) is 24.3. The Labute approximate surface area is 263 Å². The average molecular weight is 605 g/mol. The molecule has 43 heavy (non-hydrogen) atoms. The van der Waals surface area contributed by atoms with Crippen LogP contribution in [0.4, 0.5) is 0 Å². The van der Waals surface area contributed by atoms with Gasteiger partial charge in [-0.1, -0.05) is 122 Å². The SMILES string of the molecule is C[Si](C)(C1C(c2cccs2)=Cc2c(-c3ccccc3)cccc21)C1C(c2cccs2)=Cc2c(-c3ccccc3)cccc21. The fourth-order valence-electron chi connectivity index (χ4n) is 7.63. The Balaban J connectivity index is 1.34. The van der Waals surface area contributed by atoms with E-state index in [0.717, 1.165) is 0 Å². The Morgan fingerprint density at radius 1 is 0.465 bits per heavy atom. The van der Waals surface area contributed by atoms with Crippen LogP contribution in [0.5, 0.6) is 0 Å². The lowest BCUT2D eigenvalue weighted by Gasteiger charge is -2.40. The summed E-state index contributed by atoms with van der Waals surface area (Å²) in [7, 11) is -2.15. The zero-order chi connectivity index (χ0) is 29.0. The van der Waals surface area contributed by atoms with E-state index in [9.17, 15) is 0 Å². The van der Waals surface area contributed by atoms with Crippen LogP contribution in [-0.4, -0.2) is 8.07 Å². The second-order valence-corrected chi connectivity index (χ2v) is 18.9. The minimum absolute atomic E-state index is 0.379. The van der Waals surface area contributed by atoms with E-state index in [1.54, 1.807) is 0 Å². The molecular formula is C40H32S2Si. The molecule has 0 saturated carbocycles. The number of hydrogen-bond acceptors (Lipinski definition) is 2. The summed E-state index contributed by atoms with van der Waals surface area (Å²) in [5, 5.41) is 4.47. The first-order valence-electron chi connectivity index (χ1n) is 15.0. The van der Waals surface area contributed by atoms with Gasteiger partial charge in [0.05, 0.1) is 8.07 Å². The van der Waals surface area contributed by atoms with Crippen LogP contribution in [0.25, 0.3) is 45.6 Å². The van der Waals surface area contributed by atoms with Crippen molar-refractivity contribution in [1.29, 1.82) is 0 Å². The summed E-state index contributed by atoms with van der Waals surface area (Å²) in [6, 6.07) is 44.9. The van der Waals surface area contributed by atoms with Crippen molar-refractivity contribution in [3.05, 3.63) is 164 Å². The molecule has 0 bridgehead atoms. The molecule has 6 aromatic rings. The summed E-state index contributed by atoms with van der Waals surface area (Å²) in [4.78, 5) is 2.80. The number of benzene rings is 4. The van der Waals surface area contributed by atoms with Gasteiger partial charge in [0.1, 0.15) is 0 Å². The van der Waals surface area contributed by atoms with Crippen molar-refractivity contribution in [3.63, 3.8) is 0 Å². The first-order chi connectivity index (χ1) is 21.1. The van der Waals surface area contributed by atoms with Gasteiger partial charge in [-0.2, -0.15) is 0 Å². The second-order valence-electron chi connectivity index (χ2n) is 12.2. The second kappa shape index (κ2) is 10.6. The highest BCUT2D eigenvalue weighted by Gasteiger charge is 2.49. The third-order valence-electron chi connectivity index (χ3n) is 9.39.